The third kappa shape index (κ3) is 2.53. The first-order chi connectivity index (χ1) is 11.1. The standard InChI is InChI=1S/C18H15NO3S/c1-13-6-10-17(11-7-13)23(20,21)19-18(22-19)16-9-8-14-4-2-3-5-15(14)12-16/h2-12,18H,1H3/t18-,19?/m0/s1. The quantitative estimate of drug-likeness (QED) is 0.689. The van der Waals surface area contributed by atoms with Crippen LogP contribution in [0.5, 0.6) is 0 Å². The van der Waals surface area contributed by atoms with E-state index in [0.29, 0.717) is 0 Å². The Morgan fingerprint density at radius 3 is 2.35 bits per heavy atom. The minimum atomic E-state index is -3.62. The number of sulfonamides is 1. The van der Waals surface area contributed by atoms with E-state index in [9.17, 15) is 8.42 Å². The molecule has 0 N–H and O–H groups in total. The van der Waals surface area contributed by atoms with E-state index in [-0.39, 0.29) is 4.90 Å². The number of rotatable bonds is 3. The minimum Gasteiger partial charge on any atom is -0.253 e. The molecule has 1 saturated heterocycles. The smallest absolute Gasteiger partial charge is 0.253 e. The number of nitrogens with zero attached hydrogens (tertiary/aromatic N) is 1. The molecule has 0 aliphatic carbocycles. The molecule has 0 radical (unpaired) electrons. The van der Waals surface area contributed by atoms with Crippen molar-refractivity contribution in [1.82, 2.24) is 4.47 Å². The zero-order valence-electron chi connectivity index (χ0n) is 12.5. The van der Waals surface area contributed by atoms with Gasteiger partial charge in [-0.15, -0.1) is 0 Å². The van der Waals surface area contributed by atoms with Gasteiger partial charge in [0.05, 0.1) is 4.90 Å². The molecule has 0 amide bonds. The number of benzene rings is 3. The topological polar surface area (TPSA) is 49.7 Å². The number of fused-ring (bicyclic) bond motifs is 1. The highest BCUT2D eigenvalue weighted by Gasteiger charge is 2.48. The largest absolute Gasteiger partial charge is 0.267 e. The molecule has 0 saturated carbocycles. The van der Waals surface area contributed by atoms with Crippen molar-refractivity contribution in [3.63, 3.8) is 0 Å². The van der Waals surface area contributed by atoms with E-state index in [1.165, 1.54) is 0 Å². The van der Waals surface area contributed by atoms with Crippen molar-refractivity contribution >= 4 is 20.8 Å². The van der Waals surface area contributed by atoms with Crippen LogP contribution in [0.25, 0.3) is 10.8 Å². The maximum Gasteiger partial charge on any atom is 0.267 e. The van der Waals surface area contributed by atoms with Gasteiger partial charge in [0.25, 0.3) is 10.0 Å². The molecule has 1 aliphatic heterocycles. The summed E-state index contributed by atoms with van der Waals surface area (Å²) < 4.78 is 26.2. The van der Waals surface area contributed by atoms with Crippen molar-refractivity contribution in [1.29, 1.82) is 0 Å². The van der Waals surface area contributed by atoms with Crippen LogP contribution in [0.3, 0.4) is 0 Å². The molecule has 23 heavy (non-hydrogen) atoms. The number of hydroxylamine groups is 1. The molecule has 1 aliphatic rings. The van der Waals surface area contributed by atoms with Crippen molar-refractivity contribution < 1.29 is 13.3 Å². The highest BCUT2D eigenvalue weighted by atomic mass is 32.2. The van der Waals surface area contributed by atoms with E-state index in [0.717, 1.165) is 26.4 Å². The summed E-state index contributed by atoms with van der Waals surface area (Å²) in [6, 6.07) is 20.6. The molecule has 3 aromatic carbocycles. The Kier molecular flexibility index (Phi) is 3.23. The van der Waals surface area contributed by atoms with Gasteiger partial charge in [-0.1, -0.05) is 54.1 Å². The zero-order chi connectivity index (χ0) is 16.0. The van der Waals surface area contributed by atoms with Crippen molar-refractivity contribution in [2.24, 2.45) is 0 Å². The molecular weight excluding hydrogens is 310 g/mol. The second-order valence-electron chi connectivity index (χ2n) is 5.64. The fourth-order valence-electron chi connectivity index (χ4n) is 2.61. The van der Waals surface area contributed by atoms with Crippen molar-refractivity contribution in [2.75, 3.05) is 0 Å². The average molecular weight is 325 g/mol. The first-order valence-electron chi connectivity index (χ1n) is 7.32. The SMILES string of the molecule is Cc1ccc(S(=O)(=O)N2O[C@H]2c2ccc3ccccc3c2)cc1. The summed E-state index contributed by atoms with van der Waals surface area (Å²) in [5.41, 5.74) is 1.85. The van der Waals surface area contributed by atoms with Crippen LogP contribution < -0.4 is 0 Å². The van der Waals surface area contributed by atoms with E-state index < -0.39 is 16.3 Å². The molecule has 1 fully saturated rings. The third-order valence-electron chi connectivity index (χ3n) is 3.96. The molecular formula is C18H15NO3S. The molecule has 4 nitrogen and oxygen atoms in total. The van der Waals surface area contributed by atoms with Crippen LogP contribution in [0.1, 0.15) is 17.4 Å². The molecule has 2 atom stereocenters. The van der Waals surface area contributed by atoms with Gasteiger partial charge < -0.3 is 0 Å². The van der Waals surface area contributed by atoms with E-state index in [2.05, 4.69) is 0 Å². The summed E-state index contributed by atoms with van der Waals surface area (Å²) in [6.45, 7) is 1.92. The first-order valence-corrected chi connectivity index (χ1v) is 8.76. The Morgan fingerprint density at radius 1 is 0.913 bits per heavy atom. The Hall–Kier alpha value is -2.21. The molecule has 4 rings (SSSR count). The van der Waals surface area contributed by atoms with Crippen LogP contribution in [-0.4, -0.2) is 12.9 Å². The molecule has 0 bridgehead atoms. The van der Waals surface area contributed by atoms with Gasteiger partial charge in [-0.3, -0.25) is 4.84 Å². The van der Waals surface area contributed by atoms with Crippen LogP contribution in [0.4, 0.5) is 0 Å². The van der Waals surface area contributed by atoms with Crippen molar-refractivity contribution in [3.05, 3.63) is 77.9 Å². The lowest BCUT2D eigenvalue weighted by Crippen LogP contribution is -2.12. The highest BCUT2D eigenvalue weighted by Crippen LogP contribution is 2.42. The van der Waals surface area contributed by atoms with Crippen molar-refractivity contribution in [3.8, 4) is 0 Å². The molecule has 1 unspecified atom stereocenters. The van der Waals surface area contributed by atoms with Gasteiger partial charge in [0.15, 0.2) is 6.23 Å². The summed E-state index contributed by atoms with van der Waals surface area (Å²) in [4.78, 5) is 5.59. The van der Waals surface area contributed by atoms with Crippen LogP contribution in [-0.2, 0) is 14.9 Å². The summed E-state index contributed by atoms with van der Waals surface area (Å²) in [5.74, 6) is 0. The number of hydrogen-bond acceptors (Lipinski definition) is 3. The number of hydrogen-bond donors (Lipinski definition) is 0. The average Bonchev–Trinajstić information content (AvgIpc) is 3.36. The van der Waals surface area contributed by atoms with Crippen LogP contribution in [0.15, 0.2) is 71.6 Å². The number of aryl methyl sites for hydroxylation is 1. The Morgan fingerprint density at radius 2 is 1.61 bits per heavy atom. The van der Waals surface area contributed by atoms with Gasteiger partial charge in [0.1, 0.15) is 0 Å². The fraction of sp³-hybridized carbons (Fsp3) is 0.111. The fourth-order valence-corrected chi connectivity index (χ4v) is 3.87. The van der Waals surface area contributed by atoms with Gasteiger partial charge in [-0.05, 0) is 40.4 Å². The van der Waals surface area contributed by atoms with E-state index in [1.807, 2.05) is 49.4 Å². The lowest BCUT2D eigenvalue weighted by Gasteiger charge is -2.04. The minimum absolute atomic E-state index is 0.242. The predicted molar refractivity (Wildman–Crippen MR) is 88.0 cm³/mol. The molecule has 116 valence electrons. The maximum absolute atomic E-state index is 12.6. The monoisotopic (exact) mass is 325 g/mol. The first kappa shape index (κ1) is 14.4. The second kappa shape index (κ2) is 5.16. The predicted octanol–water partition coefficient (Wildman–Crippen LogP) is 3.78. The molecule has 0 aromatic heterocycles. The summed E-state index contributed by atoms with van der Waals surface area (Å²) in [6.07, 6.45) is -0.550. The normalized spacial score (nSPS) is 20.6. The molecule has 3 aromatic rings. The molecule has 0 spiro atoms. The van der Waals surface area contributed by atoms with Gasteiger partial charge in [-0.2, -0.15) is 0 Å². The van der Waals surface area contributed by atoms with E-state index in [1.54, 1.807) is 24.3 Å². The lowest BCUT2D eigenvalue weighted by atomic mass is 10.1. The maximum atomic E-state index is 12.6. The van der Waals surface area contributed by atoms with E-state index in [4.69, 9.17) is 4.84 Å². The van der Waals surface area contributed by atoms with Gasteiger partial charge in [0.2, 0.25) is 0 Å². The Balaban J connectivity index is 1.64. The summed E-state index contributed by atoms with van der Waals surface area (Å²) in [7, 11) is -3.62. The third-order valence-corrected chi connectivity index (χ3v) is 5.58. The van der Waals surface area contributed by atoms with Crippen LogP contribution in [0.2, 0.25) is 0 Å². The lowest BCUT2D eigenvalue weighted by molar-refractivity contribution is 0.283. The summed E-state index contributed by atoms with van der Waals surface area (Å²) in [5, 5.41) is 2.18. The van der Waals surface area contributed by atoms with Gasteiger partial charge in [-0.25, -0.2) is 8.42 Å². The molecule has 1 heterocycles. The van der Waals surface area contributed by atoms with Gasteiger partial charge in [0, 0.05) is 5.56 Å². The van der Waals surface area contributed by atoms with E-state index >= 15 is 0 Å². The second-order valence-corrected chi connectivity index (χ2v) is 7.42. The zero-order valence-corrected chi connectivity index (χ0v) is 13.3. The Bertz CT molecular complexity index is 981. The van der Waals surface area contributed by atoms with Gasteiger partial charge >= 0.3 is 0 Å². The highest BCUT2D eigenvalue weighted by molar-refractivity contribution is 7.89. The Labute approximate surface area is 134 Å². The van der Waals surface area contributed by atoms with Crippen LogP contribution in [0, 0.1) is 6.92 Å². The molecule has 5 heteroatoms. The summed E-state index contributed by atoms with van der Waals surface area (Å²) >= 11 is 0. The van der Waals surface area contributed by atoms with Crippen LogP contribution >= 0.6 is 0 Å². The van der Waals surface area contributed by atoms with Crippen molar-refractivity contribution in [2.45, 2.75) is 18.0 Å².